The molecule has 0 radical (unpaired) electrons. The molecule has 0 fully saturated rings. The Balaban J connectivity index is 2.67. The number of aromatic nitrogens is 3. The van der Waals surface area contributed by atoms with Gasteiger partial charge in [-0.2, -0.15) is 0 Å². The van der Waals surface area contributed by atoms with Crippen molar-refractivity contribution in [2.45, 2.75) is 5.88 Å². The lowest BCUT2D eigenvalue weighted by Crippen LogP contribution is -1.77. The molecule has 0 saturated carbocycles. The predicted octanol–water partition coefficient (Wildman–Crippen LogP) is 2.35. The summed E-state index contributed by atoms with van der Waals surface area (Å²) in [7, 11) is 0. The van der Waals surface area contributed by atoms with Crippen molar-refractivity contribution in [2.75, 3.05) is 0 Å². The Hall–Kier alpha value is -0.800. The average Bonchev–Trinajstić information content (AvgIpc) is 2.46. The molecule has 1 N–H and O–H groups in total. The van der Waals surface area contributed by atoms with Crippen LogP contribution in [0.1, 0.15) is 5.82 Å². The summed E-state index contributed by atoms with van der Waals surface area (Å²) in [6, 6.07) is 1.75. The van der Waals surface area contributed by atoms with Crippen LogP contribution in [0.4, 0.5) is 0 Å². The lowest BCUT2D eigenvalue weighted by molar-refractivity contribution is 1.13. The standard InChI is InChI=1S/C7H5Cl2N3/c8-2-6-11-5-1-4(9)3-10-7(5)12-6/h1,3H,2H2,(H,10,11,12). The maximum Gasteiger partial charge on any atom is 0.157 e. The van der Waals surface area contributed by atoms with Gasteiger partial charge in [0.15, 0.2) is 5.65 Å². The van der Waals surface area contributed by atoms with Gasteiger partial charge in [0.25, 0.3) is 0 Å². The Morgan fingerprint density at radius 1 is 1.50 bits per heavy atom. The molecule has 0 aromatic carbocycles. The van der Waals surface area contributed by atoms with E-state index in [-0.39, 0.29) is 0 Å². The van der Waals surface area contributed by atoms with E-state index in [1.165, 1.54) is 0 Å². The molecule has 2 aromatic rings. The molecule has 12 heavy (non-hydrogen) atoms. The van der Waals surface area contributed by atoms with E-state index in [1.54, 1.807) is 12.3 Å². The zero-order chi connectivity index (χ0) is 8.55. The van der Waals surface area contributed by atoms with Gasteiger partial charge in [0, 0.05) is 6.20 Å². The van der Waals surface area contributed by atoms with Crippen LogP contribution in [-0.4, -0.2) is 15.0 Å². The van der Waals surface area contributed by atoms with Gasteiger partial charge in [-0.25, -0.2) is 9.97 Å². The Morgan fingerprint density at radius 2 is 2.33 bits per heavy atom. The Kier molecular flexibility index (Phi) is 1.90. The lowest BCUT2D eigenvalue weighted by atomic mass is 10.4. The van der Waals surface area contributed by atoms with E-state index in [9.17, 15) is 0 Å². The van der Waals surface area contributed by atoms with Gasteiger partial charge < -0.3 is 4.98 Å². The number of hydrogen-bond acceptors (Lipinski definition) is 2. The number of nitrogens with one attached hydrogen (secondary N) is 1. The Bertz CT molecular complexity index is 410. The van der Waals surface area contributed by atoms with Crippen molar-refractivity contribution < 1.29 is 0 Å². The van der Waals surface area contributed by atoms with Gasteiger partial charge >= 0.3 is 0 Å². The SMILES string of the molecule is ClCc1nc2cc(Cl)cnc2[nH]1. The first kappa shape index (κ1) is 7.83. The fourth-order valence-corrected chi connectivity index (χ4v) is 1.26. The molecule has 5 heteroatoms. The van der Waals surface area contributed by atoms with Crippen LogP contribution in [0.15, 0.2) is 12.3 Å². The maximum absolute atomic E-state index is 5.72. The quantitative estimate of drug-likeness (QED) is 0.721. The van der Waals surface area contributed by atoms with Crippen LogP contribution in [0, 0.1) is 0 Å². The molecule has 0 spiro atoms. The number of fused-ring (bicyclic) bond motifs is 1. The maximum atomic E-state index is 5.72. The van der Waals surface area contributed by atoms with E-state index in [4.69, 9.17) is 23.2 Å². The number of alkyl halides is 1. The van der Waals surface area contributed by atoms with Gasteiger partial charge in [-0.05, 0) is 6.07 Å². The molecule has 2 aromatic heterocycles. The molecule has 0 aliphatic carbocycles. The number of aromatic amines is 1. The van der Waals surface area contributed by atoms with E-state index in [0.717, 1.165) is 11.2 Å². The molecule has 2 heterocycles. The number of nitrogens with zero attached hydrogens (tertiary/aromatic N) is 2. The highest BCUT2D eigenvalue weighted by Gasteiger charge is 2.02. The van der Waals surface area contributed by atoms with Crippen LogP contribution in [0.2, 0.25) is 5.02 Å². The average molecular weight is 202 g/mol. The smallest absolute Gasteiger partial charge is 0.157 e. The van der Waals surface area contributed by atoms with Crippen molar-refractivity contribution >= 4 is 34.4 Å². The third-order valence-electron chi connectivity index (χ3n) is 1.48. The molecule has 3 nitrogen and oxygen atoms in total. The van der Waals surface area contributed by atoms with Gasteiger partial charge in [0.05, 0.1) is 10.9 Å². The van der Waals surface area contributed by atoms with E-state index in [1.807, 2.05) is 0 Å². The zero-order valence-corrected chi connectivity index (χ0v) is 7.52. The van der Waals surface area contributed by atoms with E-state index in [0.29, 0.717) is 16.7 Å². The van der Waals surface area contributed by atoms with Crippen molar-refractivity contribution in [2.24, 2.45) is 0 Å². The Labute approximate surface area is 78.7 Å². The first-order chi connectivity index (χ1) is 5.79. The van der Waals surface area contributed by atoms with Crippen LogP contribution in [0.3, 0.4) is 0 Å². The molecular formula is C7H5Cl2N3. The second-order valence-corrected chi connectivity index (χ2v) is 3.04. The summed E-state index contributed by atoms with van der Waals surface area (Å²) in [6.45, 7) is 0. The van der Waals surface area contributed by atoms with E-state index >= 15 is 0 Å². The zero-order valence-electron chi connectivity index (χ0n) is 6.01. The van der Waals surface area contributed by atoms with Crippen molar-refractivity contribution in [3.8, 4) is 0 Å². The fourth-order valence-electron chi connectivity index (χ4n) is 0.983. The van der Waals surface area contributed by atoms with Gasteiger partial charge in [-0.15, -0.1) is 11.6 Å². The van der Waals surface area contributed by atoms with Crippen LogP contribution >= 0.6 is 23.2 Å². The number of hydrogen-bond donors (Lipinski definition) is 1. The lowest BCUT2D eigenvalue weighted by Gasteiger charge is -1.86. The summed E-state index contributed by atoms with van der Waals surface area (Å²) in [6.07, 6.45) is 1.57. The Morgan fingerprint density at radius 3 is 3.08 bits per heavy atom. The minimum absolute atomic E-state index is 0.355. The highest BCUT2D eigenvalue weighted by Crippen LogP contribution is 2.14. The third-order valence-corrected chi connectivity index (χ3v) is 1.94. The topological polar surface area (TPSA) is 41.6 Å². The molecule has 0 bridgehead atoms. The normalized spacial score (nSPS) is 10.8. The molecule has 0 saturated heterocycles. The van der Waals surface area contributed by atoms with Crippen LogP contribution in [-0.2, 0) is 5.88 Å². The molecule has 0 aliphatic heterocycles. The van der Waals surface area contributed by atoms with Crippen molar-refractivity contribution in [3.05, 3.63) is 23.1 Å². The molecular weight excluding hydrogens is 197 g/mol. The van der Waals surface area contributed by atoms with Gasteiger partial charge in [-0.3, -0.25) is 0 Å². The van der Waals surface area contributed by atoms with Gasteiger partial charge in [-0.1, -0.05) is 11.6 Å². The summed E-state index contributed by atoms with van der Waals surface area (Å²) in [5.41, 5.74) is 1.47. The molecule has 0 unspecified atom stereocenters. The number of pyridine rings is 1. The van der Waals surface area contributed by atoms with Gasteiger partial charge in [0.2, 0.25) is 0 Å². The largest absolute Gasteiger partial charge is 0.326 e. The van der Waals surface area contributed by atoms with Crippen molar-refractivity contribution in [1.82, 2.24) is 15.0 Å². The third kappa shape index (κ3) is 1.26. The molecule has 2 rings (SSSR count). The second-order valence-electron chi connectivity index (χ2n) is 2.34. The summed E-state index contributed by atoms with van der Waals surface area (Å²) < 4.78 is 0. The minimum atomic E-state index is 0.355. The molecule has 62 valence electrons. The van der Waals surface area contributed by atoms with Crippen molar-refractivity contribution in [3.63, 3.8) is 0 Å². The monoisotopic (exact) mass is 201 g/mol. The summed E-state index contributed by atoms with van der Waals surface area (Å²) >= 11 is 11.3. The summed E-state index contributed by atoms with van der Waals surface area (Å²) in [5.74, 6) is 1.06. The fraction of sp³-hybridized carbons (Fsp3) is 0.143. The summed E-state index contributed by atoms with van der Waals surface area (Å²) in [5, 5.41) is 0.579. The highest BCUT2D eigenvalue weighted by atomic mass is 35.5. The second kappa shape index (κ2) is 2.92. The minimum Gasteiger partial charge on any atom is -0.326 e. The van der Waals surface area contributed by atoms with Crippen molar-refractivity contribution in [1.29, 1.82) is 0 Å². The summed E-state index contributed by atoms with van der Waals surface area (Å²) in [4.78, 5) is 11.2. The molecule has 0 amide bonds. The number of halogens is 2. The van der Waals surface area contributed by atoms with E-state index in [2.05, 4.69) is 15.0 Å². The number of H-pyrrole nitrogens is 1. The van der Waals surface area contributed by atoms with Crippen LogP contribution in [0.25, 0.3) is 11.2 Å². The molecule has 0 atom stereocenters. The van der Waals surface area contributed by atoms with Crippen LogP contribution < -0.4 is 0 Å². The molecule has 0 aliphatic rings. The first-order valence-corrected chi connectivity index (χ1v) is 4.27. The highest BCUT2D eigenvalue weighted by molar-refractivity contribution is 6.31. The first-order valence-electron chi connectivity index (χ1n) is 3.35. The predicted molar refractivity (Wildman–Crippen MR) is 48.5 cm³/mol. The van der Waals surface area contributed by atoms with Gasteiger partial charge in [0.1, 0.15) is 11.3 Å². The van der Waals surface area contributed by atoms with Crippen LogP contribution in [0.5, 0.6) is 0 Å². The number of imidazole rings is 1. The van der Waals surface area contributed by atoms with E-state index < -0.39 is 0 Å². The number of rotatable bonds is 1.